The van der Waals surface area contributed by atoms with Crippen LogP contribution >= 0.6 is 0 Å². The molecule has 0 aromatic heterocycles. The predicted molar refractivity (Wildman–Crippen MR) is 126 cm³/mol. The molecule has 0 saturated carbocycles. The molecule has 0 fully saturated rings. The number of fused-ring (bicyclic) bond motifs is 1. The largest absolute Gasteiger partial charge is 0.454 e. The third kappa shape index (κ3) is 5.95. The molecule has 3 aromatic carbocycles. The van der Waals surface area contributed by atoms with E-state index in [1.54, 1.807) is 48.5 Å². The van der Waals surface area contributed by atoms with Crippen molar-refractivity contribution >= 4 is 24.1 Å². The lowest BCUT2D eigenvalue weighted by molar-refractivity contribution is -0.117. The normalized spacial score (nSPS) is 12.8. The molecule has 2 N–H and O–H groups in total. The molecular formula is C26H21N3O4. The van der Waals surface area contributed by atoms with Crippen LogP contribution in [0.25, 0.3) is 6.08 Å². The molecule has 2 amide bonds. The van der Waals surface area contributed by atoms with E-state index in [4.69, 9.17) is 9.47 Å². The second kappa shape index (κ2) is 10.6. The first-order chi connectivity index (χ1) is 16.2. The van der Waals surface area contributed by atoms with Gasteiger partial charge in [-0.05, 0) is 47.5 Å². The van der Waals surface area contributed by atoms with E-state index in [0.717, 1.165) is 11.1 Å². The van der Waals surface area contributed by atoms with E-state index in [2.05, 4.69) is 15.8 Å². The molecule has 0 saturated heterocycles. The lowest BCUT2D eigenvalue weighted by atomic mass is 10.2. The highest BCUT2D eigenvalue weighted by Gasteiger charge is 2.14. The van der Waals surface area contributed by atoms with Crippen LogP contribution in [0.1, 0.15) is 21.5 Å². The summed E-state index contributed by atoms with van der Waals surface area (Å²) in [5, 5.41) is 6.65. The van der Waals surface area contributed by atoms with Crippen molar-refractivity contribution in [3.63, 3.8) is 0 Å². The maximum absolute atomic E-state index is 12.7. The second-order valence-electron chi connectivity index (χ2n) is 6.98. The molecule has 0 radical (unpaired) electrons. The van der Waals surface area contributed by atoms with Gasteiger partial charge in [-0.15, -0.1) is 0 Å². The molecule has 7 nitrogen and oxygen atoms in total. The monoisotopic (exact) mass is 439 g/mol. The third-order valence-electron chi connectivity index (χ3n) is 4.66. The van der Waals surface area contributed by atoms with E-state index in [0.29, 0.717) is 17.1 Å². The molecule has 164 valence electrons. The van der Waals surface area contributed by atoms with E-state index < -0.39 is 11.8 Å². The topological polar surface area (TPSA) is 89.0 Å². The number of hydrogen-bond donors (Lipinski definition) is 2. The zero-order valence-corrected chi connectivity index (χ0v) is 17.6. The number of carbonyl (C=O) groups excluding carboxylic acids is 2. The number of amides is 2. The van der Waals surface area contributed by atoms with E-state index in [1.807, 2.05) is 42.5 Å². The Hall–Kier alpha value is -4.65. The number of benzene rings is 3. The fraction of sp³-hybridized carbons (Fsp3) is 0.0385. The Kier molecular flexibility index (Phi) is 6.92. The van der Waals surface area contributed by atoms with Gasteiger partial charge in [0.25, 0.3) is 11.8 Å². The second-order valence-corrected chi connectivity index (χ2v) is 6.98. The van der Waals surface area contributed by atoms with Crippen LogP contribution in [0.5, 0.6) is 11.5 Å². The molecule has 7 heteroatoms. The first-order valence-corrected chi connectivity index (χ1v) is 10.2. The number of hydrazone groups is 1. The summed E-state index contributed by atoms with van der Waals surface area (Å²) >= 11 is 0. The van der Waals surface area contributed by atoms with Gasteiger partial charge in [0.2, 0.25) is 6.79 Å². The Balaban J connectivity index is 1.47. The number of nitrogens with zero attached hydrogens (tertiary/aromatic N) is 1. The molecule has 0 unspecified atom stereocenters. The Bertz CT molecular complexity index is 1220. The van der Waals surface area contributed by atoms with E-state index in [-0.39, 0.29) is 12.5 Å². The van der Waals surface area contributed by atoms with Gasteiger partial charge in [0, 0.05) is 5.56 Å². The average Bonchev–Trinajstić information content (AvgIpc) is 3.32. The zero-order valence-electron chi connectivity index (χ0n) is 17.6. The zero-order chi connectivity index (χ0) is 22.9. The summed E-state index contributed by atoms with van der Waals surface area (Å²) in [4.78, 5) is 25.3. The number of hydrogen-bond acceptors (Lipinski definition) is 5. The van der Waals surface area contributed by atoms with Crippen molar-refractivity contribution in [1.29, 1.82) is 0 Å². The van der Waals surface area contributed by atoms with Gasteiger partial charge in [0.1, 0.15) is 5.70 Å². The molecule has 3 aromatic rings. The van der Waals surface area contributed by atoms with E-state index in [9.17, 15) is 9.59 Å². The summed E-state index contributed by atoms with van der Waals surface area (Å²) < 4.78 is 10.6. The lowest BCUT2D eigenvalue weighted by Gasteiger charge is -2.08. The highest BCUT2D eigenvalue weighted by Crippen LogP contribution is 2.31. The number of nitrogens with one attached hydrogen (secondary N) is 2. The van der Waals surface area contributed by atoms with Crippen molar-refractivity contribution in [2.45, 2.75) is 0 Å². The van der Waals surface area contributed by atoms with Crippen molar-refractivity contribution in [2.24, 2.45) is 5.10 Å². The molecule has 0 atom stereocenters. The van der Waals surface area contributed by atoms with Crippen LogP contribution in [0.15, 0.2) is 102 Å². The fourth-order valence-corrected chi connectivity index (χ4v) is 3.00. The Morgan fingerprint density at radius 1 is 0.848 bits per heavy atom. The Labute approximate surface area is 191 Å². The Morgan fingerprint density at radius 2 is 1.58 bits per heavy atom. The molecule has 1 aliphatic rings. The van der Waals surface area contributed by atoms with Gasteiger partial charge in [0.05, 0.1) is 6.21 Å². The minimum Gasteiger partial charge on any atom is -0.454 e. The molecule has 4 rings (SSSR count). The van der Waals surface area contributed by atoms with Gasteiger partial charge >= 0.3 is 0 Å². The highest BCUT2D eigenvalue weighted by atomic mass is 16.7. The molecular weight excluding hydrogens is 418 g/mol. The van der Waals surface area contributed by atoms with Crippen LogP contribution in [0, 0.1) is 0 Å². The van der Waals surface area contributed by atoms with Gasteiger partial charge in [-0.25, -0.2) is 5.43 Å². The van der Waals surface area contributed by atoms with Gasteiger partial charge in [-0.1, -0.05) is 60.7 Å². The van der Waals surface area contributed by atoms with Crippen LogP contribution in [-0.4, -0.2) is 24.8 Å². The quantitative estimate of drug-likeness (QED) is 0.253. The molecule has 1 heterocycles. The average molecular weight is 439 g/mol. The Morgan fingerprint density at radius 3 is 2.36 bits per heavy atom. The predicted octanol–water partition coefficient (Wildman–Crippen LogP) is 3.89. The SMILES string of the molecule is O=C(N/N=C/c1ccc2c(c1)OCO2)/C(=C/C=C/c1ccccc1)NC(=O)c1ccccc1. The summed E-state index contributed by atoms with van der Waals surface area (Å²) in [7, 11) is 0. The third-order valence-corrected chi connectivity index (χ3v) is 4.66. The first kappa shape index (κ1) is 21.6. The summed E-state index contributed by atoms with van der Waals surface area (Å²) in [5.41, 5.74) is 4.62. The van der Waals surface area contributed by atoms with E-state index >= 15 is 0 Å². The maximum Gasteiger partial charge on any atom is 0.287 e. The van der Waals surface area contributed by atoms with Crippen molar-refractivity contribution in [3.8, 4) is 11.5 Å². The minimum atomic E-state index is -0.561. The number of rotatable bonds is 7. The summed E-state index contributed by atoms with van der Waals surface area (Å²) in [6.45, 7) is 0.179. The van der Waals surface area contributed by atoms with Gasteiger partial charge < -0.3 is 14.8 Å². The van der Waals surface area contributed by atoms with Crippen LogP contribution < -0.4 is 20.2 Å². The molecule has 0 spiro atoms. The van der Waals surface area contributed by atoms with Crippen molar-refractivity contribution < 1.29 is 19.1 Å². The number of carbonyl (C=O) groups is 2. The summed E-state index contributed by atoms with van der Waals surface area (Å²) in [6.07, 6.45) is 6.53. The van der Waals surface area contributed by atoms with Crippen molar-refractivity contribution in [2.75, 3.05) is 6.79 Å². The van der Waals surface area contributed by atoms with Gasteiger partial charge in [-0.3, -0.25) is 9.59 Å². The van der Waals surface area contributed by atoms with Crippen LogP contribution in [0.4, 0.5) is 0 Å². The van der Waals surface area contributed by atoms with Gasteiger partial charge in [0.15, 0.2) is 11.5 Å². The minimum absolute atomic E-state index is 0.0545. The number of allylic oxidation sites excluding steroid dienone is 2. The fourth-order valence-electron chi connectivity index (χ4n) is 3.00. The first-order valence-electron chi connectivity index (χ1n) is 10.2. The maximum atomic E-state index is 12.7. The highest BCUT2D eigenvalue weighted by molar-refractivity contribution is 6.03. The molecule has 0 bridgehead atoms. The smallest absolute Gasteiger partial charge is 0.287 e. The molecule has 33 heavy (non-hydrogen) atoms. The van der Waals surface area contributed by atoms with E-state index in [1.165, 1.54) is 12.3 Å². The summed E-state index contributed by atoms with van der Waals surface area (Å²) in [5.74, 6) is 0.320. The molecule has 1 aliphatic heterocycles. The van der Waals surface area contributed by atoms with Crippen LogP contribution in [-0.2, 0) is 4.79 Å². The molecule has 0 aliphatic carbocycles. The lowest BCUT2D eigenvalue weighted by Crippen LogP contribution is -2.32. The van der Waals surface area contributed by atoms with Crippen LogP contribution in [0.2, 0.25) is 0 Å². The van der Waals surface area contributed by atoms with Crippen molar-refractivity contribution in [1.82, 2.24) is 10.7 Å². The summed E-state index contributed by atoms with van der Waals surface area (Å²) in [6, 6.07) is 23.6. The van der Waals surface area contributed by atoms with Crippen LogP contribution in [0.3, 0.4) is 0 Å². The van der Waals surface area contributed by atoms with Crippen molar-refractivity contribution in [3.05, 3.63) is 113 Å². The standard InChI is InChI=1S/C26H21N3O4/c30-25(21-11-5-2-6-12-21)28-22(13-7-10-19-8-3-1-4-9-19)26(31)29-27-17-20-14-15-23-24(16-20)33-18-32-23/h1-17H,18H2,(H,28,30)(H,29,31)/b10-7+,22-13-,27-17+. The van der Waals surface area contributed by atoms with Gasteiger partial charge in [-0.2, -0.15) is 5.10 Å². The number of ether oxygens (including phenoxy) is 2.